The summed E-state index contributed by atoms with van der Waals surface area (Å²) in [6.07, 6.45) is 2.21. The molecule has 0 saturated carbocycles. The van der Waals surface area contributed by atoms with Crippen molar-refractivity contribution in [1.82, 2.24) is 19.9 Å². The van der Waals surface area contributed by atoms with E-state index in [1.165, 1.54) is 11.3 Å². The first-order valence-corrected chi connectivity index (χ1v) is 8.42. The van der Waals surface area contributed by atoms with E-state index < -0.39 is 16.1 Å². The van der Waals surface area contributed by atoms with Gasteiger partial charge in [0.2, 0.25) is 0 Å². The standard InChI is InChI=1S/C11H16N4O3S2/c1-3-9(10-12-4-5-19-10)15-20(17,18)11-8(6-16)7(2)13-14-11/h4-5,9,15-16H,3,6H2,1-2H3,(H,13,14). The lowest BCUT2D eigenvalue weighted by atomic mass is 10.3. The third kappa shape index (κ3) is 2.90. The molecule has 7 nitrogen and oxygen atoms in total. The Morgan fingerprint density at radius 2 is 2.30 bits per heavy atom. The maximum absolute atomic E-state index is 12.4. The summed E-state index contributed by atoms with van der Waals surface area (Å²) in [5.41, 5.74) is 0.821. The molecule has 0 fully saturated rings. The van der Waals surface area contributed by atoms with Crippen molar-refractivity contribution in [3.8, 4) is 0 Å². The zero-order valence-electron chi connectivity index (χ0n) is 11.1. The van der Waals surface area contributed by atoms with E-state index in [0.29, 0.717) is 17.1 Å². The molecule has 0 saturated heterocycles. The van der Waals surface area contributed by atoms with Gasteiger partial charge >= 0.3 is 0 Å². The van der Waals surface area contributed by atoms with Crippen molar-refractivity contribution >= 4 is 21.4 Å². The van der Waals surface area contributed by atoms with Gasteiger partial charge in [-0.2, -0.15) is 9.82 Å². The molecule has 9 heteroatoms. The highest BCUT2D eigenvalue weighted by molar-refractivity contribution is 7.89. The minimum absolute atomic E-state index is 0.160. The minimum Gasteiger partial charge on any atom is -0.392 e. The average molecular weight is 316 g/mol. The molecule has 0 bridgehead atoms. The maximum Gasteiger partial charge on any atom is 0.260 e. The molecule has 0 aromatic carbocycles. The zero-order valence-corrected chi connectivity index (χ0v) is 12.8. The van der Waals surface area contributed by atoms with E-state index in [9.17, 15) is 13.5 Å². The number of hydrogen-bond donors (Lipinski definition) is 3. The highest BCUT2D eigenvalue weighted by atomic mass is 32.2. The molecule has 1 atom stereocenters. The van der Waals surface area contributed by atoms with E-state index in [0.717, 1.165) is 0 Å². The summed E-state index contributed by atoms with van der Waals surface area (Å²) >= 11 is 1.39. The lowest BCUT2D eigenvalue weighted by Crippen LogP contribution is -2.29. The lowest BCUT2D eigenvalue weighted by molar-refractivity contribution is 0.277. The number of sulfonamides is 1. The number of nitrogens with one attached hydrogen (secondary N) is 2. The monoisotopic (exact) mass is 316 g/mol. The van der Waals surface area contributed by atoms with Crippen molar-refractivity contribution in [2.24, 2.45) is 0 Å². The van der Waals surface area contributed by atoms with E-state index in [1.807, 2.05) is 6.92 Å². The fraction of sp³-hybridized carbons (Fsp3) is 0.455. The normalized spacial score (nSPS) is 13.6. The average Bonchev–Trinajstić information content (AvgIpc) is 3.05. The van der Waals surface area contributed by atoms with Crippen molar-refractivity contribution < 1.29 is 13.5 Å². The van der Waals surface area contributed by atoms with Gasteiger partial charge < -0.3 is 5.11 Å². The molecule has 0 amide bonds. The van der Waals surface area contributed by atoms with Crippen LogP contribution in [0, 0.1) is 6.92 Å². The van der Waals surface area contributed by atoms with Crippen molar-refractivity contribution in [1.29, 1.82) is 0 Å². The highest BCUT2D eigenvalue weighted by Gasteiger charge is 2.27. The molecule has 2 aromatic rings. The fourth-order valence-corrected chi connectivity index (χ4v) is 4.12. The van der Waals surface area contributed by atoms with Gasteiger partial charge in [-0.3, -0.25) is 5.10 Å². The molecule has 1 unspecified atom stereocenters. The minimum atomic E-state index is -3.81. The van der Waals surface area contributed by atoms with Crippen LogP contribution < -0.4 is 4.72 Å². The van der Waals surface area contributed by atoms with Crippen LogP contribution in [0.15, 0.2) is 16.6 Å². The van der Waals surface area contributed by atoms with E-state index in [-0.39, 0.29) is 17.2 Å². The van der Waals surface area contributed by atoms with Gasteiger partial charge in [0.15, 0.2) is 5.03 Å². The van der Waals surface area contributed by atoms with Crippen LogP contribution in [0.5, 0.6) is 0 Å². The van der Waals surface area contributed by atoms with Crippen LogP contribution in [0.3, 0.4) is 0 Å². The van der Waals surface area contributed by atoms with Gasteiger partial charge in [0, 0.05) is 22.8 Å². The van der Waals surface area contributed by atoms with Crippen LogP contribution in [-0.4, -0.2) is 28.7 Å². The number of aromatic amines is 1. The number of hydrogen-bond acceptors (Lipinski definition) is 6. The number of nitrogens with zero attached hydrogens (tertiary/aromatic N) is 2. The van der Waals surface area contributed by atoms with Crippen molar-refractivity contribution in [3.63, 3.8) is 0 Å². The van der Waals surface area contributed by atoms with E-state index in [2.05, 4.69) is 19.9 Å². The molecule has 2 rings (SSSR count). The number of aliphatic hydroxyl groups excluding tert-OH is 1. The Morgan fingerprint density at radius 3 is 2.85 bits per heavy atom. The molecule has 0 radical (unpaired) electrons. The van der Waals surface area contributed by atoms with Gasteiger partial charge in [-0.1, -0.05) is 6.92 Å². The SMILES string of the molecule is CCC(NS(=O)(=O)c1n[nH]c(C)c1CO)c1nccs1. The molecular formula is C11H16N4O3S2. The Morgan fingerprint density at radius 1 is 1.55 bits per heavy atom. The molecule has 0 aliphatic heterocycles. The van der Waals surface area contributed by atoms with Crippen LogP contribution in [0.2, 0.25) is 0 Å². The lowest BCUT2D eigenvalue weighted by Gasteiger charge is -2.14. The van der Waals surface area contributed by atoms with Crippen molar-refractivity contribution in [3.05, 3.63) is 27.8 Å². The van der Waals surface area contributed by atoms with Crippen molar-refractivity contribution in [2.75, 3.05) is 0 Å². The van der Waals surface area contributed by atoms with Crippen LogP contribution in [0.25, 0.3) is 0 Å². The number of thiazole rings is 1. The van der Waals surface area contributed by atoms with Crippen LogP contribution >= 0.6 is 11.3 Å². The molecule has 110 valence electrons. The highest BCUT2D eigenvalue weighted by Crippen LogP contribution is 2.23. The second kappa shape index (κ2) is 6.00. The topological polar surface area (TPSA) is 108 Å². The van der Waals surface area contributed by atoms with Gasteiger partial charge in [0.05, 0.1) is 12.6 Å². The predicted octanol–water partition coefficient (Wildman–Crippen LogP) is 1.10. The van der Waals surface area contributed by atoms with Crippen LogP contribution in [0.1, 0.15) is 35.7 Å². The maximum atomic E-state index is 12.4. The van der Waals surface area contributed by atoms with E-state index in [4.69, 9.17) is 0 Å². The first kappa shape index (κ1) is 15.1. The third-order valence-corrected chi connectivity index (χ3v) is 5.23. The number of H-pyrrole nitrogens is 1. The first-order valence-electron chi connectivity index (χ1n) is 6.06. The summed E-state index contributed by atoms with van der Waals surface area (Å²) < 4.78 is 27.3. The van der Waals surface area contributed by atoms with Gasteiger partial charge in [0.25, 0.3) is 10.0 Å². The quantitative estimate of drug-likeness (QED) is 0.739. The van der Waals surface area contributed by atoms with Crippen LogP contribution in [0.4, 0.5) is 0 Å². The second-order valence-electron chi connectivity index (χ2n) is 4.24. The number of aliphatic hydroxyl groups is 1. The van der Waals surface area contributed by atoms with Gasteiger partial charge in [-0.15, -0.1) is 11.3 Å². The second-order valence-corrected chi connectivity index (χ2v) is 6.80. The van der Waals surface area contributed by atoms with E-state index in [1.54, 1.807) is 18.5 Å². The van der Waals surface area contributed by atoms with E-state index >= 15 is 0 Å². The first-order chi connectivity index (χ1) is 9.49. The number of rotatable bonds is 6. The molecule has 0 aliphatic rings. The van der Waals surface area contributed by atoms with Gasteiger partial charge in [-0.25, -0.2) is 13.4 Å². The van der Waals surface area contributed by atoms with Gasteiger partial charge in [-0.05, 0) is 13.3 Å². The summed E-state index contributed by atoms with van der Waals surface area (Å²) in [4.78, 5) is 4.13. The molecule has 0 aliphatic carbocycles. The Bertz CT molecular complexity index is 664. The summed E-state index contributed by atoms with van der Waals surface area (Å²) in [7, 11) is -3.81. The number of aromatic nitrogens is 3. The van der Waals surface area contributed by atoms with Crippen molar-refractivity contribution in [2.45, 2.75) is 37.9 Å². The Kier molecular flexibility index (Phi) is 4.53. The third-order valence-electron chi connectivity index (χ3n) is 2.90. The Labute approximate surface area is 121 Å². The molecule has 2 aromatic heterocycles. The zero-order chi connectivity index (χ0) is 14.8. The molecule has 0 spiro atoms. The summed E-state index contributed by atoms with van der Waals surface area (Å²) in [5.74, 6) is 0. The predicted molar refractivity (Wildman–Crippen MR) is 74.7 cm³/mol. The Hall–Kier alpha value is -1.29. The number of aryl methyl sites for hydroxylation is 1. The summed E-state index contributed by atoms with van der Waals surface area (Å²) in [6.45, 7) is 3.15. The Balaban J connectivity index is 2.31. The molecule has 20 heavy (non-hydrogen) atoms. The molecular weight excluding hydrogens is 300 g/mol. The molecule has 2 heterocycles. The van der Waals surface area contributed by atoms with Crippen LogP contribution in [-0.2, 0) is 16.6 Å². The smallest absolute Gasteiger partial charge is 0.260 e. The summed E-state index contributed by atoms with van der Waals surface area (Å²) in [5, 5.41) is 18.0. The largest absolute Gasteiger partial charge is 0.392 e. The molecule has 3 N–H and O–H groups in total. The summed E-state index contributed by atoms with van der Waals surface area (Å²) in [6, 6.07) is -0.399. The van der Waals surface area contributed by atoms with Gasteiger partial charge in [0.1, 0.15) is 5.01 Å². The fourth-order valence-electron chi connectivity index (χ4n) is 1.80.